The maximum absolute atomic E-state index is 11.2. The molecule has 0 aromatic carbocycles. The molecule has 1 unspecified atom stereocenters. The van der Waals surface area contributed by atoms with Crippen molar-refractivity contribution >= 4 is 5.97 Å². The highest BCUT2D eigenvalue weighted by Crippen LogP contribution is 2.21. The van der Waals surface area contributed by atoms with Crippen molar-refractivity contribution in [3.8, 4) is 0 Å². The number of H-pyrrole nitrogens is 1. The molecule has 0 radical (unpaired) electrons. The number of nitrogens with one attached hydrogen (secondary N) is 1. The van der Waals surface area contributed by atoms with Crippen LogP contribution in [0.15, 0.2) is 18.5 Å². The monoisotopic (exact) mass is 210 g/mol. The molecule has 1 atom stereocenters. The predicted molar refractivity (Wildman–Crippen MR) is 53.6 cm³/mol. The highest BCUT2D eigenvalue weighted by molar-refractivity contribution is 5.75. The maximum atomic E-state index is 11.2. The first-order valence-electron chi connectivity index (χ1n) is 4.96. The van der Waals surface area contributed by atoms with Crippen LogP contribution in [0.5, 0.6) is 0 Å². The summed E-state index contributed by atoms with van der Waals surface area (Å²) in [5.74, 6) is -0.809. The number of carbonyl (C=O) groups is 1. The summed E-state index contributed by atoms with van der Waals surface area (Å²) < 4.78 is 5.20. The lowest BCUT2D eigenvalue weighted by atomic mass is 10.1. The van der Waals surface area contributed by atoms with Crippen molar-refractivity contribution in [3.63, 3.8) is 0 Å². The summed E-state index contributed by atoms with van der Waals surface area (Å²) in [5.41, 5.74) is 0.796. The van der Waals surface area contributed by atoms with E-state index in [1.165, 1.54) is 0 Å². The molecule has 0 aliphatic carbocycles. The number of aromatic amines is 1. The van der Waals surface area contributed by atoms with Gasteiger partial charge in [0.1, 0.15) is 6.04 Å². The number of carboxylic acid groups (broad SMARTS) is 1. The van der Waals surface area contributed by atoms with Crippen LogP contribution in [0, 0.1) is 0 Å². The van der Waals surface area contributed by atoms with Crippen LogP contribution in [0.1, 0.15) is 11.6 Å². The molecule has 1 aliphatic heterocycles. The molecule has 1 saturated heterocycles. The molecule has 2 heterocycles. The van der Waals surface area contributed by atoms with Gasteiger partial charge in [0.2, 0.25) is 0 Å². The topological polar surface area (TPSA) is 65.6 Å². The van der Waals surface area contributed by atoms with Gasteiger partial charge in [-0.3, -0.25) is 9.69 Å². The van der Waals surface area contributed by atoms with Crippen molar-refractivity contribution in [2.45, 2.75) is 6.04 Å². The van der Waals surface area contributed by atoms with E-state index in [1.54, 1.807) is 18.5 Å². The summed E-state index contributed by atoms with van der Waals surface area (Å²) >= 11 is 0. The number of morpholine rings is 1. The molecule has 1 aliphatic rings. The molecule has 0 amide bonds. The standard InChI is InChI=1S/C10H14N2O3/c13-10(14)9(8-1-2-11-7-8)12-3-5-15-6-4-12/h1-2,7,9,11H,3-6H2,(H,13,14). The summed E-state index contributed by atoms with van der Waals surface area (Å²) in [7, 11) is 0. The Morgan fingerprint density at radius 3 is 2.80 bits per heavy atom. The molecule has 1 aromatic rings. The molecule has 15 heavy (non-hydrogen) atoms. The van der Waals surface area contributed by atoms with Crippen molar-refractivity contribution in [2.75, 3.05) is 26.3 Å². The summed E-state index contributed by atoms with van der Waals surface area (Å²) in [6.45, 7) is 2.55. The number of carboxylic acids is 1. The van der Waals surface area contributed by atoms with Gasteiger partial charge in [0.25, 0.3) is 0 Å². The highest BCUT2D eigenvalue weighted by atomic mass is 16.5. The smallest absolute Gasteiger partial charge is 0.325 e. The van der Waals surface area contributed by atoms with Crippen LogP contribution in [-0.2, 0) is 9.53 Å². The van der Waals surface area contributed by atoms with Crippen molar-refractivity contribution in [1.29, 1.82) is 0 Å². The SMILES string of the molecule is O=C(O)C(c1cc[nH]c1)N1CCOCC1. The first kappa shape index (κ1) is 10.2. The van der Waals surface area contributed by atoms with E-state index in [0.717, 1.165) is 5.56 Å². The van der Waals surface area contributed by atoms with Crippen LogP contribution in [0.25, 0.3) is 0 Å². The first-order valence-corrected chi connectivity index (χ1v) is 4.96. The van der Waals surface area contributed by atoms with Gasteiger partial charge in [0, 0.05) is 25.5 Å². The van der Waals surface area contributed by atoms with Gasteiger partial charge in [-0.15, -0.1) is 0 Å². The van der Waals surface area contributed by atoms with Gasteiger partial charge in [0.15, 0.2) is 0 Å². The Labute approximate surface area is 87.7 Å². The molecule has 0 saturated carbocycles. The molecule has 82 valence electrons. The van der Waals surface area contributed by atoms with Crippen LogP contribution in [0.3, 0.4) is 0 Å². The Morgan fingerprint density at radius 1 is 1.53 bits per heavy atom. The molecule has 0 spiro atoms. The minimum Gasteiger partial charge on any atom is -0.480 e. The third kappa shape index (κ3) is 2.19. The van der Waals surface area contributed by atoms with Gasteiger partial charge in [-0.1, -0.05) is 0 Å². The Bertz CT molecular complexity index is 317. The van der Waals surface area contributed by atoms with Crippen LogP contribution < -0.4 is 0 Å². The van der Waals surface area contributed by atoms with E-state index < -0.39 is 12.0 Å². The second kappa shape index (κ2) is 4.46. The zero-order valence-electron chi connectivity index (χ0n) is 8.35. The number of nitrogens with zero attached hydrogens (tertiary/aromatic N) is 1. The van der Waals surface area contributed by atoms with E-state index in [0.29, 0.717) is 26.3 Å². The first-order chi connectivity index (χ1) is 7.29. The van der Waals surface area contributed by atoms with Crippen LogP contribution in [0.2, 0.25) is 0 Å². The number of hydrogen-bond acceptors (Lipinski definition) is 3. The van der Waals surface area contributed by atoms with E-state index >= 15 is 0 Å². The molecular formula is C10H14N2O3. The fraction of sp³-hybridized carbons (Fsp3) is 0.500. The third-order valence-electron chi connectivity index (χ3n) is 2.58. The van der Waals surface area contributed by atoms with E-state index in [9.17, 15) is 9.90 Å². The number of aromatic nitrogens is 1. The highest BCUT2D eigenvalue weighted by Gasteiger charge is 2.28. The van der Waals surface area contributed by atoms with E-state index in [4.69, 9.17) is 4.74 Å². The number of rotatable bonds is 3. The van der Waals surface area contributed by atoms with E-state index in [1.807, 2.05) is 4.90 Å². The number of hydrogen-bond donors (Lipinski definition) is 2. The molecular weight excluding hydrogens is 196 g/mol. The average molecular weight is 210 g/mol. The molecule has 2 N–H and O–H groups in total. The fourth-order valence-corrected chi connectivity index (χ4v) is 1.85. The average Bonchev–Trinajstić information content (AvgIpc) is 2.72. The molecule has 1 fully saturated rings. The largest absolute Gasteiger partial charge is 0.480 e. The third-order valence-corrected chi connectivity index (χ3v) is 2.58. The molecule has 2 rings (SSSR count). The molecule has 0 bridgehead atoms. The molecule has 1 aromatic heterocycles. The molecule has 5 heteroatoms. The Kier molecular flexibility index (Phi) is 3.03. The summed E-state index contributed by atoms with van der Waals surface area (Å²) in [6, 6.07) is 1.24. The minimum atomic E-state index is -0.809. The van der Waals surface area contributed by atoms with Crippen molar-refractivity contribution < 1.29 is 14.6 Å². The van der Waals surface area contributed by atoms with Gasteiger partial charge in [-0.05, 0) is 11.6 Å². The fourth-order valence-electron chi connectivity index (χ4n) is 1.85. The van der Waals surface area contributed by atoms with Gasteiger partial charge < -0.3 is 14.8 Å². The lowest BCUT2D eigenvalue weighted by Crippen LogP contribution is -2.42. The summed E-state index contributed by atoms with van der Waals surface area (Å²) in [4.78, 5) is 16.0. The summed E-state index contributed by atoms with van der Waals surface area (Å²) in [5, 5.41) is 9.20. The second-order valence-corrected chi connectivity index (χ2v) is 3.53. The normalized spacial score (nSPS) is 20.0. The Morgan fingerprint density at radius 2 is 2.27 bits per heavy atom. The van der Waals surface area contributed by atoms with Gasteiger partial charge in [0.05, 0.1) is 13.2 Å². The Hall–Kier alpha value is -1.33. The second-order valence-electron chi connectivity index (χ2n) is 3.53. The number of aliphatic carboxylic acids is 1. The zero-order valence-corrected chi connectivity index (χ0v) is 8.35. The maximum Gasteiger partial charge on any atom is 0.325 e. The van der Waals surface area contributed by atoms with Crippen molar-refractivity contribution in [3.05, 3.63) is 24.0 Å². The van der Waals surface area contributed by atoms with E-state index in [2.05, 4.69) is 4.98 Å². The van der Waals surface area contributed by atoms with Crippen LogP contribution in [-0.4, -0.2) is 47.3 Å². The van der Waals surface area contributed by atoms with Crippen molar-refractivity contribution in [1.82, 2.24) is 9.88 Å². The van der Waals surface area contributed by atoms with Crippen LogP contribution in [0.4, 0.5) is 0 Å². The van der Waals surface area contributed by atoms with Gasteiger partial charge in [-0.25, -0.2) is 0 Å². The van der Waals surface area contributed by atoms with Crippen LogP contribution >= 0.6 is 0 Å². The molecule has 5 nitrogen and oxygen atoms in total. The Balaban J connectivity index is 2.15. The van der Waals surface area contributed by atoms with Gasteiger partial charge in [-0.2, -0.15) is 0 Å². The quantitative estimate of drug-likeness (QED) is 0.761. The minimum absolute atomic E-state index is 0.555. The predicted octanol–water partition coefficient (Wildman–Crippen LogP) is 0.473. The lowest BCUT2D eigenvalue weighted by Gasteiger charge is -2.31. The number of ether oxygens (including phenoxy) is 1. The van der Waals surface area contributed by atoms with Crippen molar-refractivity contribution in [2.24, 2.45) is 0 Å². The van der Waals surface area contributed by atoms with Gasteiger partial charge >= 0.3 is 5.97 Å². The summed E-state index contributed by atoms with van der Waals surface area (Å²) in [6.07, 6.45) is 3.47. The zero-order chi connectivity index (χ0) is 10.7. The van der Waals surface area contributed by atoms with E-state index in [-0.39, 0.29) is 0 Å². The lowest BCUT2D eigenvalue weighted by molar-refractivity contribution is -0.145.